The Kier molecular flexibility index (Phi) is 3.02. The molecule has 106 valence electrons. The number of phenols is 1. The maximum absolute atomic E-state index is 12.1. The lowest BCUT2D eigenvalue weighted by atomic mass is 10.1. The van der Waals surface area contributed by atoms with Crippen LogP contribution >= 0.6 is 0 Å². The van der Waals surface area contributed by atoms with E-state index in [2.05, 4.69) is 0 Å². The number of methoxy groups -OCH3 is 1. The normalized spacial score (nSPS) is 10.7. The van der Waals surface area contributed by atoms with Gasteiger partial charge in [0.05, 0.1) is 12.5 Å². The molecule has 2 aromatic carbocycles. The highest BCUT2D eigenvalue weighted by atomic mass is 16.5. The summed E-state index contributed by atoms with van der Waals surface area (Å²) in [5, 5.41) is 21.2. The number of fused-ring (bicyclic) bond motifs is 1. The molecule has 0 spiro atoms. The molecule has 5 heteroatoms. The summed E-state index contributed by atoms with van der Waals surface area (Å²) in [6.07, 6.45) is 0. The summed E-state index contributed by atoms with van der Waals surface area (Å²) >= 11 is 0. The van der Waals surface area contributed by atoms with Crippen LogP contribution in [0.15, 0.2) is 51.7 Å². The van der Waals surface area contributed by atoms with Gasteiger partial charge in [0.1, 0.15) is 22.8 Å². The van der Waals surface area contributed by atoms with Crippen LogP contribution in [-0.4, -0.2) is 12.2 Å². The molecule has 0 amide bonds. The molecular formula is C16H11O5-. The first-order valence-corrected chi connectivity index (χ1v) is 6.21. The topological polar surface area (TPSA) is 82.7 Å². The number of rotatable bonds is 2. The fourth-order valence-corrected chi connectivity index (χ4v) is 2.11. The average molecular weight is 283 g/mol. The van der Waals surface area contributed by atoms with E-state index in [4.69, 9.17) is 9.15 Å². The first kappa shape index (κ1) is 13.1. The quantitative estimate of drug-likeness (QED) is 0.780. The van der Waals surface area contributed by atoms with Crippen molar-refractivity contribution in [1.29, 1.82) is 0 Å². The van der Waals surface area contributed by atoms with Crippen LogP contribution < -0.4 is 15.3 Å². The standard InChI is InChI=1S/C16H12O5/c1-20-11-6-12(18)16-13(19)8-14(21-15(16)7-11)9-2-4-10(17)5-3-9/h2-8,17-18H,1H3/p-1. The van der Waals surface area contributed by atoms with Crippen molar-refractivity contribution in [2.75, 3.05) is 7.11 Å². The molecule has 21 heavy (non-hydrogen) atoms. The third-order valence-electron chi connectivity index (χ3n) is 3.16. The van der Waals surface area contributed by atoms with Crippen molar-refractivity contribution in [3.05, 3.63) is 52.7 Å². The number of hydrogen-bond acceptors (Lipinski definition) is 5. The molecule has 0 saturated carbocycles. The van der Waals surface area contributed by atoms with Gasteiger partial charge in [0.25, 0.3) is 0 Å². The van der Waals surface area contributed by atoms with Crippen LogP contribution in [0.2, 0.25) is 0 Å². The molecule has 1 heterocycles. The summed E-state index contributed by atoms with van der Waals surface area (Å²) in [6, 6.07) is 10.2. The summed E-state index contributed by atoms with van der Waals surface area (Å²) in [4.78, 5) is 12.1. The van der Waals surface area contributed by atoms with Gasteiger partial charge in [-0.05, 0) is 30.3 Å². The third-order valence-corrected chi connectivity index (χ3v) is 3.16. The molecule has 0 bridgehead atoms. The van der Waals surface area contributed by atoms with E-state index in [1.54, 1.807) is 12.1 Å². The lowest BCUT2D eigenvalue weighted by Crippen LogP contribution is -2.05. The Bertz CT molecular complexity index is 862. The lowest BCUT2D eigenvalue weighted by Gasteiger charge is -2.12. The first-order chi connectivity index (χ1) is 10.1. The van der Waals surface area contributed by atoms with Gasteiger partial charge in [-0.3, -0.25) is 4.79 Å². The fraction of sp³-hybridized carbons (Fsp3) is 0.0625. The van der Waals surface area contributed by atoms with Crippen LogP contribution in [0.3, 0.4) is 0 Å². The monoisotopic (exact) mass is 283 g/mol. The molecule has 0 aliphatic heterocycles. The van der Waals surface area contributed by atoms with Crippen LogP contribution in [0.25, 0.3) is 22.3 Å². The van der Waals surface area contributed by atoms with Gasteiger partial charge >= 0.3 is 0 Å². The van der Waals surface area contributed by atoms with E-state index in [9.17, 15) is 15.0 Å². The van der Waals surface area contributed by atoms with Crippen LogP contribution in [0, 0.1) is 0 Å². The van der Waals surface area contributed by atoms with E-state index in [1.165, 1.54) is 37.4 Å². The van der Waals surface area contributed by atoms with Gasteiger partial charge in [-0.1, -0.05) is 5.75 Å². The highest BCUT2D eigenvalue weighted by molar-refractivity contribution is 5.85. The maximum Gasteiger partial charge on any atom is 0.192 e. The summed E-state index contributed by atoms with van der Waals surface area (Å²) < 4.78 is 10.6. The minimum absolute atomic E-state index is 0.00155. The van der Waals surface area contributed by atoms with Gasteiger partial charge in [-0.15, -0.1) is 0 Å². The Morgan fingerprint density at radius 1 is 1.14 bits per heavy atom. The SMILES string of the molecule is COc1cc([O-])c2c(=O)cc(-c3ccc(O)cc3)oc2c1. The second-order valence-corrected chi connectivity index (χ2v) is 4.52. The molecule has 0 saturated heterocycles. The highest BCUT2D eigenvalue weighted by Crippen LogP contribution is 2.29. The van der Waals surface area contributed by atoms with Gasteiger partial charge in [0, 0.05) is 17.7 Å². The first-order valence-electron chi connectivity index (χ1n) is 6.21. The second-order valence-electron chi connectivity index (χ2n) is 4.52. The van der Waals surface area contributed by atoms with E-state index in [0.29, 0.717) is 17.1 Å². The number of hydrogen-bond donors (Lipinski definition) is 1. The third kappa shape index (κ3) is 2.29. The molecule has 1 N–H and O–H groups in total. The van der Waals surface area contributed by atoms with E-state index in [-0.39, 0.29) is 16.7 Å². The van der Waals surface area contributed by atoms with E-state index >= 15 is 0 Å². The van der Waals surface area contributed by atoms with Crippen molar-refractivity contribution >= 4 is 11.0 Å². The molecule has 3 rings (SSSR count). The van der Waals surface area contributed by atoms with Crippen molar-refractivity contribution < 1.29 is 19.4 Å². The Balaban J connectivity index is 2.27. The fourth-order valence-electron chi connectivity index (χ4n) is 2.11. The molecule has 0 radical (unpaired) electrons. The predicted molar refractivity (Wildman–Crippen MR) is 75.6 cm³/mol. The number of aromatic hydroxyl groups is 1. The van der Waals surface area contributed by atoms with Crippen molar-refractivity contribution in [3.63, 3.8) is 0 Å². The van der Waals surface area contributed by atoms with Gasteiger partial charge in [-0.2, -0.15) is 0 Å². The molecule has 5 nitrogen and oxygen atoms in total. The Morgan fingerprint density at radius 3 is 2.52 bits per heavy atom. The number of benzene rings is 2. The van der Waals surface area contributed by atoms with Crippen molar-refractivity contribution in [3.8, 4) is 28.6 Å². The zero-order valence-electron chi connectivity index (χ0n) is 11.1. The predicted octanol–water partition coefficient (Wildman–Crippen LogP) is 2.25. The van der Waals surface area contributed by atoms with Gasteiger partial charge in [-0.25, -0.2) is 0 Å². The summed E-state index contributed by atoms with van der Waals surface area (Å²) in [7, 11) is 1.43. The minimum atomic E-state index is -0.435. The molecule has 3 aromatic rings. The Hall–Kier alpha value is -2.95. The summed E-state index contributed by atoms with van der Waals surface area (Å²) in [6.45, 7) is 0. The Labute approximate surface area is 119 Å². The molecule has 0 unspecified atom stereocenters. The summed E-state index contributed by atoms with van der Waals surface area (Å²) in [5.41, 5.74) is 0.393. The summed E-state index contributed by atoms with van der Waals surface area (Å²) in [5.74, 6) is 0.333. The molecule has 0 aliphatic rings. The average Bonchev–Trinajstić information content (AvgIpc) is 2.46. The van der Waals surface area contributed by atoms with E-state index < -0.39 is 11.2 Å². The van der Waals surface area contributed by atoms with Crippen molar-refractivity contribution in [2.24, 2.45) is 0 Å². The molecule has 0 aliphatic carbocycles. The molecule has 0 atom stereocenters. The largest absolute Gasteiger partial charge is 0.872 e. The number of phenolic OH excluding ortho intramolecular Hbond substituents is 1. The van der Waals surface area contributed by atoms with Gasteiger partial charge < -0.3 is 19.4 Å². The second kappa shape index (κ2) is 4.86. The highest BCUT2D eigenvalue weighted by Gasteiger charge is 2.09. The van der Waals surface area contributed by atoms with Crippen molar-refractivity contribution in [2.45, 2.75) is 0 Å². The zero-order valence-corrected chi connectivity index (χ0v) is 11.1. The Morgan fingerprint density at radius 2 is 1.86 bits per heavy atom. The lowest BCUT2D eigenvalue weighted by molar-refractivity contribution is -0.266. The zero-order chi connectivity index (χ0) is 15.0. The van der Waals surface area contributed by atoms with E-state index in [0.717, 1.165) is 0 Å². The van der Waals surface area contributed by atoms with Crippen LogP contribution in [0.5, 0.6) is 17.2 Å². The smallest absolute Gasteiger partial charge is 0.192 e. The van der Waals surface area contributed by atoms with Crippen molar-refractivity contribution in [1.82, 2.24) is 0 Å². The van der Waals surface area contributed by atoms with Crippen LogP contribution in [0.4, 0.5) is 0 Å². The molecule has 1 aromatic heterocycles. The van der Waals surface area contributed by atoms with Crippen LogP contribution in [0.1, 0.15) is 0 Å². The molecule has 0 fully saturated rings. The van der Waals surface area contributed by atoms with Crippen LogP contribution in [-0.2, 0) is 0 Å². The number of ether oxygens (including phenoxy) is 1. The van der Waals surface area contributed by atoms with Gasteiger partial charge in [0.15, 0.2) is 5.43 Å². The van der Waals surface area contributed by atoms with E-state index in [1.807, 2.05) is 0 Å². The molecular weight excluding hydrogens is 272 g/mol. The maximum atomic E-state index is 12.1. The minimum Gasteiger partial charge on any atom is -0.872 e. The van der Waals surface area contributed by atoms with Gasteiger partial charge in [0.2, 0.25) is 0 Å².